The van der Waals surface area contributed by atoms with Gasteiger partial charge in [0.15, 0.2) is 9.84 Å². The molecule has 0 fully saturated rings. The number of carbonyl (C=O) groups is 1. The van der Waals surface area contributed by atoms with Gasteiger partial charge in [-0.05, 0) is 24.7 Å². The third-order valence-corrected chi connectivity index (χ3v) is 3.31. The number of hydrogen-bond acceptors (Lipinski definition) is 4. The van der Waals surface area contributed by atoms with E-state index in [1.54, 1.807) is 0 Å². The number of sulfone groups is 1. The molecule has 0 spiro atoms. The summed E-state index contributed by atoms with van der Waals surface area (Å²) in [5, 5.41) is 11.5. The number of carboxylic acids is 1. The van der Waals surface area contributed by atoms with Crippen LogP contribution < -0.4 is 5.32 Å². The quantitative estimate of drug-likeness (QED) is 0.801. The Hall–Kier alpha value is -1.40. The van der Waals surface area contributed by atoms with Crippen LogP contribution in [0.4, 0.5) is 0 Å². The maximum absolute atomic E-state index is 11.2. The molecule has 0 aliphatic rings. The molecule has 2 N–H and O–H groups in total. The average molecular weight is 243 g/mol. The molecule has 0 heterocycles. The fraction of sp³-hybridized carbons (Fsp3) is 0.300. The molecule has 1 rings (SSSR count). The molecule has 1 aromatic carbocycles. The fourth-order valence-electron chi connectivity index (χ4n) is 1.34. The first-order chi connectivity index (χ1) is 7.36. The highest BCUT2D eigenvalue weighted by atomic mass is 32.2. The Morgan fingerprint density at radius 3 is 2.12 bits per heavy atom. The summed E-state index contributed by atoms with van der Waals surface area (Å²) < 4.78 is 22.4. The van der Waals surface area contributed by atoms with Crippen LogP contribution in [0.5, 0.6) is 0 Å². The Labute approximate surface area is 94.0 Å². The molecule has 0 saturated heterocycles. The molecule has 0 saturated carbocycles. The van der Waals surface area contributed by atoms with Gasteiger partial charge in [0.2, 0.25) is 0 Å². The Kier molecular flexibility index (Phi) is 3.66. The van der Waals surface area contributed by atoms with Gasteiger partial charge in [-0.1, -0.05) is 12.1 Å². The normalized spacial score (nSPS) is 13.4. The summed E-state index contributed by atoms with van der Waals surface area (Å²) in [4.78, 5) is 11.0. The lowest BCUT2D eigenvalue weighted by Crippen LogP contribution is -2.24. The zero-order valence-corrected chi connectivity index (χ0v) is 9.78. The van der Waals surface area contributed by atoms with Crippen molar-refractivity contribution in [2.45, 2.75) is 10.9 Å². The van der Waals surface area contributed by atoms with Crippen LogP contribution in [0.25, 0.3) is 0 Å². The van der Waals surface area contributed by atoms with Crippen molar-refractivity contribution in [3.63, 3.8) is 0 Å². The number of likely N-dealkylation sites (N-methyl/N-ethyl adjacent to an activating group) is 1. The zero-order valence-electron chi connectivity index (χ0n) is 8.97. The van der Waals surface area contributed by atoms with Crippen LogP contribution in [0.1, 0.15) is 11.6 Å². The highest BCUT2D eigenvalue weighted by molar-refractivity contribution is 7.90. The molecule has 1 aromatic rings. The molecule has 0 radical (unpaired) electrons. The van der Waals surface area contributed by atoms with Crippen LogP contribution in [0.15, 0.2) is 29.2 Å². The molecule has 5 nitrogen and oxygen atoms in total. The second-order valence-electron chi connectivity index (χ2n) is 3.40. The van der Waals surface area contributed by atoms with Gasteiger partial charge in [-0.2, -0.15) is 0 Å². The molecule has 0 aliphatic carbocycles. The molecule has 1 unspecified atom stereocenters. The number of hydrogen-bond donors (Lipinski definition) is 2. The zero-order chi connectivity index (χ0) is 12.3. The van der Waals surface area contributed by atoms with Crippen LogP contribution in [0.2, 0.25) is 0 Å². The summed E-state index contributed by atoms with van der Waals surface area (Å²) in [6.45, 7) is 0. The minimum atomic E-state index is -3.24. The van der Waals surface area contributed by atoms with Crippen LogP contribution in [-0.4, -0.2) is 32.8 Å². The van der Waals surface area contributed by atoms with E-state index in [1.807, 2.05) is 0 Å². The molecule has 16 heavy (non-hydrogen) atoms. The van der Waals surface area contributed by atoms with Gasteiger partial charge in [-0.15, -0.1) is 0 Å². The molecule has 0 amide bonds. The second kappa shape index (κ2) is 4.63. The van der Waals surface area contributed by atoms with E-state index >= 15 is 0 Å². The first-order valence-corrected chi connectivity index (χ1v) is 6.45. The van der Waals surface area contributed by atoms with Gasteiger partial charge in [-0.25, -0.2) is 8.42 Å². The van der Waals surface area contributed by atoms with Crippen molar-refractivity contribution in [1.29, 1.82) is 0 Å². The second-order valence-corrected chi connectivity index (χ2v) is 5.42. The maximum atomic E-state index is 11.2. The Morgan fingerprint density at radius 1 is 1.31 bits per heavy atom. The minimum Gasteiger partial charge on any atom is -0.480 e. The summed E-state index contributed by atoms with van der Waals surface area (Å²) in [6, 6.07) is 4.96. The van der Waals surface area contributed by atoms with Crippen molar-refractivity contribution < 1.29 is 18.3 Å². The standard InChI is InChI=1S/C10H13NO4S/c1-11-9(10(12)13)7-3-5-8(6-4-7)16(2,14)15/h3-6,9,11H,1-2H3,(H,12,13). The molecular formula is C10H13NO4S. The van der Waals surface area contributed by atoms with Gasteiger partial charge in [0, 0.05) is 6.26 Å². The summed E-state index contributed by atoms with van der Waals surface area (Å²) in [5.74, 6) is -1.00. The summed E-state index contributed by atoms with van der Waals surface area (Å²) in [5.41, 5.74) is 0.516. The average Bonchev–Trinajstić information content (AvgIpc) is 2.17. The number of rotatable bonds is 4. The molecule has 88 valence electrons. The van der Waals surface area contributed by atoms with Crippen molar-refractivity contribution >= 4 is 15.8 Å². The summed E-state index contributed by atoms with van der Waals surface area (Å²) >= 11 is 0. The number of benzene rings is 1. The van der Waals surface area contributed by atoms with Crippen molar-refractivity contribution in [2.24, 2.45) is 0 Å². The molecule has 0 aliphatic heterocycles. The van der Waals surface area contributed by atoms with E-state index in [4.69, 9.17) is 5.11 Å². The van der Waals surface area contributed by atoms with Gasteiger partial charge in [-0.3, -0.25) is 4.79 Å². The van der Waals surface area contributed by atoms with Gasteiger partial charge >= 0.3 is 5.97 Å². The smallest absolute Gasteiger partial charge is 0.325 e. The highest BCUT2D eigenvalue weighted by Crippen LogP contribution is 2.16. The van der Waals surface area contributed by atoms with E-state index in [0.29, 0.717) is 5.56 Å². The SMILES string of the molecule is CNC(C(=O)O)c1ccc(S(C)(=O)=O)cc1. The number of nitrogens with one attached hydrogen (secondary N) is 1. The number of carboxylic acid groups (broad SMARTS) is 1. The monoisotopic (exact) mass is 243 g/mol. The minimum absolute atomic E-state index is 0.177. The van der Waals surface area contributed by atoms with Gasteiger partial charge in [0.1, 0.15) is 6.04 Å². The van der Waals surface area contributed by atoms with E-state index in [0.717, 1.165) is 6.26 Å². The summed E-state index contributed by atoms with van der Waals surface area (Å²) in [7, 11) is -1.71. The lowest BCUT2D eigenvalue weighted by Gasteiger charge is -2.11. The Morgan fingerprint density at radius 2 is 1.81 bits per heavy atom. The fourth-order valence-corrected chi connectivity index (χ4v) is 1.97. The predicted octanol–water partition coefficient (Wildman–Crippen LogP) is 0.435. The summed E-state index contributed by atoms with van der Waals surface area (Å²) in [6.07, 6.45) is 1.11. The van der Waals surface area contributed by atoms with E-state index in [2.05, 4.69) is 5.32 Å². The predicted molar refractivity (Wildman–Crippen MR) is 59.0 cm³/mol. The van der Waals surface area contributed by atoms with Gasteiger partial charge in [0.05, 0.1) is 4.90 Å². The van der Waals surface area contributed by atoms with Crippen molar-refractivity contribution in [2.75, 3.05) is 13.3 Å². The topological polar surface area (TPSA) is 83.5 Å². The molecule has 0 bridgehead atoms. The van der Waals surface area contributed by atoms with Crippen LogP contribution in [0.3, 0.4) is 0 Å². The number of aliphatic carboxylic acids is 1. The third-order valence-electron chi connectivity index (χ3n) is 2.18. The highest BCUT2D eigenvalue weighted by Gasteiger charge is 2.17. The van der Waals surface area contributed by atoms with Crippen LogP contribution in [-0.2, 0) is 14.6 Å². The van der Waals surface area contributed by atoms with E-state index in [1.165, 1.54) is 31.3 Å². The van der Waals surface area contributed by atoms with Gasteiger partial charge in [0.25, 0.3) is 0 Å². The molecule has 6 heteroatoms. The third kappa shape index (κ3) is 2.80. The first-order valence-electron chi connectivity index (χ1n) is 4.56. The Bertz CT molecular complexity index is 478. The molecule has 1 atom stereocenters. The van der Waals surface area contributed by atoms with Crippen LogP contribution in [0, 0.1) is 0 Å². The van der Waals surface area contributed by atoms with E-state index in [-0.39, 0.29) is 4.90 Å². The van der Waals surface area contributed by atoms with Crippen molar-refractivity contribution in [3.05, 3.63) is 29.8 Å². The van der Waals surface area contributed by atoms with Crippen molar-refractivity contribution in [3.8, 4) is 0 Å². The lowest BCUT2D eigenvalue weighted by molar-refractivity contribution is -0.139. The lowest BCUT2D eigenvalue weighted by atomic mass is 10.1. The van der Waals surface area contributed by atoms with E-state index in [9.17, 15) is 13.2 Å². The van der Waals surface area contributed by atoms with Crippen molar-refractivity contribution in [1.82, 2.24) is 5.32 Å². The molecular weight excluding hydrogens is 230 g/mol. The first kappa shape index (κ1) is 12.7. The van der Waals surface area contributed by atoms with Crippen LogP contribution >= 0.6 is 0 Å². The maximum Gasteiger partial charge on any atom is 0.325 e. The largest absolute Gasteiger partial charge is 0.480 e. The molecule has 0 aromatic heterocycles. The van der Waals surface area contributed by atoms with Gasteiger partial charge < -0.3 is 10.4 Å². The van der Waals surface area contributed by atoms with E-state index < -0.39 is 21.8 Å². The Balaban J connectivity index is 3.08.